The number of carbonyl (C=O) groups is 1. The summed E-state index contributed by atoms with van der Waals surface area (Å²) in [5.41, 5.74) is 1.32. The van der Waals surface area contributed by atoms with Crippen molar-refractivity contribution in [3.63, 3.8) is 0 Å². The largest absolute Gasteiger partial charge is 0.497 e. The van der Waals surface area contributed by atoms with Gasteiger partial charge in [0, 0.05) is 11.1 Å². The highest BCUT2D eigenvalue weighted by atomic mass is 16.5. The SMILES string of the molecule is COc1ccc(C#CC(=O)c2ccc(OC)cc2)cc1. The highest BCUT2D eigenvalue weighted by molar-refractivity contribution is 6.09. The van der Waals surface area contributed by atoms with Gasteiger partial charge in [-0.2, -0.15) is 0 Å². The van der Waals surface area contributed by atoms with Crippen LogP contribution in [-0.2, 0) is 0 Å². The van der Waals surface area contributed by atoms with Crippen LogP contribution in [-0.4, -0.2) is 20.0 Å². The minimum Gasteiger partial charge on any atom is -0.497 e. The first-order valence-corrected chi connectivity index (χ1v) is 6.07. The Labute approximate surface area is 118 Å². The van der Waals surface area contributed by atoms with E-state index in [9.17, 15) is 4.79 Å². The van der Waals surface area contributed by atoms with Gasteiger partial charge >= 0.3 is 0 Å². The molecule has 0 aliphatic carbocycles. The Balaban J connectivity index is 2.12. The lowest BCUT2D eigenvalue weighted by atomic mass is 10.1. The number of hydrogen-bond donors (Lipinski definition) is 0. The zero-order valence-electron chi connectivity index (χ0n) is 11.3. The standard InChI is InChI=1S/C17H14O3/c1-19-15-8-3-13(4-9-15)5-12-17(18)14-6-10-16(20-2)11-7-14/h3-4,6-11H,1-2H3. The molecular weight excluding hydrogens is 252 g/mol. The highest BCUT2D eigenvalue weighted by Gasteiger charge is 2.01. The van der Waals surface area contributed by atoms with Crippen LogP contribution in [0.15, 0.2) is 48.5 Å². The fourth-order valence-corrected chi connectivity index (χ4v) is 1.62. The average Bonchev–Trinajstić information content (AvgIpc) is 2.53. The van der Waals surface area contributed by atoms with E-state index in [2.05, 4.69) is 11.8 Å². The van der Waals surface area contributed by atoms with Gasteiger partial charge in [0.1, 0.15) is 11.5 Å². The van der Waals surface area contributed by atoms with E-state index in [1.54, 1.807) is 38.5 Å². The van der Waals surface area contributed by atoms with Gasteiger partial charge in [0.25, 0.3) is 0 Å². The van der Waals surface area contributed by atoms with Gasteiger partial charge in [-0.25, -0.2) is 0 Å². The Hall–Kier alpha value is -2.73. The van der Waals surface area contributed by atoms with Crippen LogP contribution in [0.3, 0.4) is 0 Å². The predicted octanol–water partition coefficient (Wildman–Crippen LogP) is 2.94. The van der Waals surface area contributed by atoms with Gasteiger partial charge in [0.05, 0.1) is 14.2 Å². The second-order valence-corrected chi connectivity index (χ2v) is 4.04. The number of carbonyl (C=O) groups excluding carboxylic acids is 1. The van der Waals surface area contributed by atoms with Crippen LogP contribution >= 0.6 is 0 Å². The van der Waals surface area contributed by atoms with E-state index >= 15 is 0 Å². The highest BCUT2D eigenvalue weighted by Crippen LogP contribution is 2.12. The van der Waals surface area contributed by atoms with Crippen molar-refractivity contribution >= 4 is 5.78 Å². The first-order chi connectivity index (χ1) is 9.72. The fourth-order valence-electron chi connectivity index (χ4n) is 1.62. The first kappa shape index (κ1) is 13.7. The Morgan fingerprint density at radius 2 is 1.35 bits per heavy atom. The molecule has 3 nitrogen and oxygen atoms in total. The first-order valence-electron chi connectivity index (χ1n) is 6.07. The van der Waals surface area contributed by atoms with Crippen molar-refractivity contribution in [2.24, 2.45) is 0 Å². The second kappa shape index (κ2) is 6.44. The zero-order valence-corrected chi connectivity index (χ0v) is 11.3. The van der Waals surface area contributed by atoms with E-state index in [1.165, 1.54) is 0 Å². The topological polar surface area (TPSA) is 35.5 Å². The molecule has 0 atom stereocenters. The molecule has 0 radical (unpaired) electrons. The molecule has 0 aromatic heterocycles. The van der Waals surface area contributed by atoms with E-state index in [1.807, 2.05) is 24.3 Å². The van der Waals surface area contributed by atoms with E-state index in [0.717, 1.165) is 11.3 Å². The predicted molar refractivity (Wildman–Crippen MR) is 77.2 cm³/mol. The molecule has 3 heteroatoms. The molecule has 100 valence electrons. The molecule has 0 saturated carbocycles. The molecule has 0 aliphatic rings. The fraction of sp³-hybridized carbons (Fsp3) is 0.118. The van der Waals surface area contributed by atoms with Crippen LogP contribution in [0.5, 0.6) is 11.5 Å². The van der Waals surface area contributed by atoms with Crippen LogP contribution in [0.4, 0.5) is 0 Å². The minimum absolute atomic E-state index is 0.219. The lowest BCUT2D eigenvalue weighted by Crippen LogP contribution is -1.95. The van der Waals surface area contributed by atoms with Crippen molar-refractivity contribution in [1.82, 2.24) is 0 Å². The maximum atomic E-state index is 11.9. The molecule has 20 heavy (non-hydrogen) atoms. The summed E-state index contributed by atoms with van der Waals surface area (Å²) in [5.74, 6) is 6.71. The smallest absolute Gasteiger partial charge is 0.236 e. The molecule has 0 heterocycles. The van der Waals surface area contributed by atoms with E-state index in [4.69, 9.17) is 9.47 Å². The van der Waals surface area contributed by atoms with Gasteiger partial charge in [-0.05, 0) is 54.5 Å². The van der Waals surface area contributed by atoms with E-state index < -0.39 is 0 Å². The Morgan fingerprint density at radius 3 is 1.85 bits per heavy atom. The molecular formula is C17H14O3. The van der Waals surface area contributed by atoms with Gasteiger partial charge in [0.2, 0.25) is 5.78 Å². The van der Waals surface area contributed by atoms with Gasteiger partial charge in [-0.3, -0.25) is 4.79 Å². The van der Waals surface area contributed by atoms with E-state index in [0.29, 0.717) is 11.3 Å². The molecule has 2 aromatic carbocycles. The third kappa shape index (κ3) is 3.39. The molecule has 0 N–H and O–H groups in total. The maximum Gasteiger partial charge on any atom is 0.236 e. The lowest BCUT2D eigenvalue weighted by molar-refractivity contribution is 0.105. The van der Waals surface area contributed by atoms with Crippen LogP contribution in [0.1, 0.15) is 15.9 Å². The van der Waals surface area contributed by atoms with Gasteiger partial charge in [-0.1, -0.05) is 5.92 Å². The molecule has 2 rings (SSSR count). The summed E-state index contributed by atoms with van der Waals surface area (Å²) >= 11 is 0. The zero-order chi connectivity index (χ0) is 14.4. The average molecular weight is 266 g/mol. The molecule has 0 amide bonds. The summed E-state index contributed by atoms with van der Waals surface area (Å²) in [7, 11) is 3.19. The number of benzene rings is 2. The Kier molecular flexibility index (Phi) is 4.41. The molecule has 0 aliphatic heterocycles. The Morgan fingerprint density at radius 1 is 0.850 bits per heavy atom. The second-order valence-electron chi connectivity index (χ2n) is 4.04. The number of hydrogen-bond acceptors (Lipinski definition) is 3. The normalized spacial score (nSPS) is 9.30. The molecule has 0 bridgehead atoms. The quantitative estimate of drug-likeness (QED) is 0.633. The summed E-state index contributed by atoms with van der Waals surface area (Å²) < 4.78 is 10.1. The van der Waals surface area contributed by atoms with Crippen LogP contribution in [0.2, 0.25) is 0 Å². The molecule has 0 saturated heterocycles. The number of ketones is 1. The summed E-state index contributed by atoms with van der Waals surface area (Å²) in [6, 6.07) is 14.1. The van der Waals surface area contributed by atoms with Crippen LogP contribution in [0.25, 0.3) is 0 Å². The van der Waals surface area contributed by atoms with Gasteiger partial charge in [0.15, 0.2) is 0 Å². The van der Waals surface area contributed by atoms with Crippen LogP contribution < -0.4 is 9.47 Å². The summed E-state index contributed by atoms with van der Waals surface area (Å²) in [6.45, 7) is 0. The lowest BCUT2D eigenvalue weighted by Gasteiger charge is -1.99. The van der Waals surface area contributed by atoms with Crippen molar-refractivity contribution in [3.05, 3.63) is 59.7 Å². The van der Waals surface area contributed by atoms with Crippen molar-refractivity contribution in [2.75, 3.05) is 14.2 Å². The van der Waals surface area contributed by atoms with Crippen molar-refractivity contribution in [2.45, 2.75) is 0 Å². The molecule has 0 unspecified atom stereocenters. The van der Waals surface area contributed by atoms with E-state index in [-0.39, 0.29) is 5.78 Å². The van der Waals surface area contributed by atoms with Gasteiger partial charge in [-0.15, -0.1) is 0 Å². The summed E-state index contributed by atoms with van der Waals surface area (Å²) in [4.78, 5) is 11.9. The number of methoxy groups -OCH3 is 2. The molecule has 0 fully saturated rings. The minimum atomic E-state index is -0.219. The van der Waals surface area contributed by atoms with Crippen molar-refractivity contribution < 1.29 is 14.3 Å². The third-order valence-corrected chi connectivity index (χ3v) is 2.76. The Bertz CT molecular complexity index is 643. The molecule has 2 aromatic rings. The monoisotopic (exact) mass is 266 g/mol. The summed E-state index contributed by atoms with van der Waals surface area (Å²) in [5, 5.41) is 0. The van der Waals surface area contributed by atoms with Crippen molar-refractivity contribution in [1.29, 1.82) is 0 Å². The molecule has 0 spiro atoms. The van der Waals surface area contributed by atoms with Crippen LogP contribution in [0, 0.1) is 11.8 Å². The maximum absolute atomic E-state index is 11.9. The number of rotatable bonds is 3. The third-order valence-electron chi connectivity index (χ3n) is 2.76. The van der Waals surface area contributed by atoms with Crippen molar-refractivity contribution in [3.8, 4) is 23.3 Å². The summed E-state index contributed by atoms with van der Waals surface area (Å²) in [6.07, 6.45) is 0. The van der Waals surface area contributed by atoms with Gasteiger partial charge < -0.3 is 9.47 Å². The number of Topliss-reactive ketones (excluding diaryl/α,β-unsaturated/α-hetero) is 1. The number of ether oxygens (including phenoxy) is 2.